The Bertz CT molecular complexity index is 789. The van der Waals surface area contributed by atoms with E-state index in [2.05, 4.69) is 5.32 Å². The molecule has 0 spiro atoms. The lowest BCUT2D eigenvalue weighted by Crippen LogP contribution is -2.51. The standard InChI is InChI=1S/C21H25N3O2.ClH/c1-24(18-10-3-2-4-11-18)20(26)17-9-7-8-16(14-17)19(25)23-21(15-22)12-5-6-13-21;/h2-4,7-11,14H,5-6,12-13,15,22H2,1H3,(H,23,25);1H. The Labute approximate surface area is 166 Å². The molecule has 1 saturated carbocycles. The fraction of sp³-hybridized carbons (Fsp3) is 0.333. The van der Waals surface area contributed by atoms with Crippen molar-refractivity contribution in [3.05, 3.63) is 65.7 Å². The van der Waals surface area contributed by atoms with Crippen molar-refractivity contribution in [2.45, 2.75) is 31.2 Å². The monoisotopic (exact) mass is 387 g/mol. The molecule has 2 aromatic rings. The van der Waals surface area contributed by atoms with E-state index in [1.165, 1.54) is 0 Å². The predicted octanol–water partition coefficient (Wildman–Crippen LogP) is 3.39. The van der Waals surface area contributed by atoms with Crippen LogP contribution in [0.4, 0.5) is 5.69 Å². The maximum absolute atomic E-state index is 12.8. The van der Waals surface area contributed by atoms with Crippen LogP contribution in [0.2, 0.25) is 0 Å². The van der Waals surface area contributed by atoms with Crippen LogP contribution in [0.5, 0.6) is 0 Å². The average Bonchev–Trinajstić information content (AvgIpc) is 3.16. The van der Waals surface area contributed by atoms with Crippen LogP contribution in [0, 0.1) is 0 Å². The predicted molar refractivity (Wildman–Crippen MR) is 111 cm³/mol. The number of nitrogens with two attached hydrogens (primary N) is 1. The van der Waals surface area contributed by atoms with Gasteiger partial charge in [-0.1, -0.05) is 37.1 Å². The summed E-state index contributed by atoms with van der Waals surface area (Å²) in [5.41, 5.74) is 7.37. The van der Waals surface area contributed by atoms with Gasteiger partial charge in [0, 0.05) is 30.4 Å². The summed E-state index contributed by atoms with van der Waals surface area (Å²) in [7, 11) is 1.73. The van der Waals surface area contributed by atoms with Crippen molar-refractivity contribution in [1.82, 2.24) is 5.32 Å². The number of hydrogen-bond donors (Lipinski definition) is 2. The van der Waals surface area contributed by atoms with Gasteiger partial charge in [0.15, 0.2) is 0 Å². The van der Waals surface area contributed by atoms with Gasteiger partial charge in [-0.25, -0.2) is 0 Å². The Balaban J connectivity index is 0.00000261. The lowest BCUT2D eigenvalue weighted by molar-refractivity contribution is 0.0903. The molecule has 5 nitrogen and oxygen atoms in total. The summed E-state index contributed by atoms with van der Waals surface area (Å²) in [6.07, 6.45) is 3.98. The smallest absolute Gasteiger partial charge is 0.258 e. The van der Waals surface area contributed by atoms with Gasteiger partial charge in [0.05, 0.1) is 5.54 Å². The Morgan fingerprint density at radius 1 is 1.04 bits per heavy atom. The van der Waals surface area contributed by atoms with Gasteiger partial charge in [-0.05, 0) is 43.2 Å². The minimum absolute atomic E-state index is 0. The lowest BCUT2D eigenvalue weighted by atomic mass is 9.97. The van der Waals surface area contributed by atoms with Crippen LogP contribution in [0.1, 0.15) is 46.4 Å². The van der Waals surface area contributed by atoms with E-state index in [4.69, 9.17) is 5.73 Å². The third kappa shape index (κ3) is 4.67. The molecule has 0 aliphatic heterocycles. The molecule has 1 aliphatic rings. The molecule has 0 bridgehead atoms. The van der Waals surface area contributed by atoms with Gasteiger partial charge in [0.25, 0.3) is 11.8 Å². The van der Waals surface area contributed by atoms with E-state index in [1.807, 2.05) is 30.3 Å². The van der Waals surface area contributed by atoms with Gasteiger partial charge in [-0.2, -0.15) is 0 Å². The third-order valence-electron chi connectivity index (χ3n) is 5.15. The van der Waals surface area contributed by atoms with Crippen LogP contribution in [0.15, 0.2) is 54.6 Å². The molecule has 1 fully saturated rings. The summed E-state index contributed by atoms with van der Waals surface area (Å²) in [5, 5.41) is 3.10. The summed E-state index contributed by atoms with van der Waals surface area (Å²) in [5.74, 6) is -0.324. The molecular weight excluding hydrogens is 362 g/mol. The number of nitrogens with zero attached hydrogens (tertiary/aromatic N) is 1. The number of rotatable bonds is 5. The molecule has 0 heterocycles. The number of anilines is 1. The molecule has 2 aromatic carbocycles. The van der Waals surface area contributed by atoms with Crippen molar-refractivity contribution in [2.75, 3.05) is 18.5 Å². The molecule has 0 atom stereocenters. The number of carbonyl (C=O) groups excluding carboxylic acids is 2. The number of halogens is 1. The molecule has 2 amide bonds. The van der Waals surface area contributed by atoms with E-state index >= 15 is 0 Å². The van der Waals surface area contributed by atoms with E-state index < -0.39 is 0 Å². The summed E-state index contributed by atoms with van der Waals surface area (Å²) >= 11 is 0. The molecule has 0 radical (unpaired) electrons. The number of nitrogens with one attached hydrogen (secondary N) is 1. The van der Waals surface area contributed by atoms with E-state index in [0.717, 1.165) is 31.4 Å². The number of para-hydroxylation sites is 1. The molecule has 144 valence electrons. The van der Waals surface area contributed by atoms with Crippen molar-refractivity contribution >= 4 is 29.9 Å². The van der Waals surface area contributed by atoms with Gasteiger partial charge in [-0.3, -0.25) is 9.59 Å². The largest absolute Gasteiger partial charge is 0.345 e. The zero-order chi connectivity index (χ0) is 18.6. The summed E-state index contributed by atoms with van der Waals surface area (Å²) in [6.45, 7) is 0.439. The SMILES string of the molecule is CN(C(=O)c1cccc(C(=O)NC2(CN)CCCC2)c1)c1ccccc1.Cl. The van der Waals surface area contributed by atoms with Gasteiger partial charge >= 0.3 is 0 Å². The van der Waals surface area contributed by atoms with Crippen molar-refractivity contribution < 1.29 is 9.59 Å². The van der Waals surface area contributed by atoms with Crippen LogP contribution in [-0.4, -0.2) is 30.9 Å². The molecular formula is C21H26ClN3O2. The Kier molecular flexibility index (Phi) is 6.99. The van der Waals surface area contributed by atoms with Crippen LogP contribution in [-0.2, 0) is 0 Å². The molecule has 0 saturated heterocycles. The molecule has 3 N–H and O–H groups in total. The molecule has 6 heteroatoms. The first-order valence-corrected chi connectivity index (χ1v) is 9.00. The van der Waals surface area contributed by atoms with Crippen molar-refractivity contribution in [3.8, 4) is 0 Å². The lowest BCUT2D eigenvalue weighted by Gasteiger charge is -2.28. The maximum atomic E-state index is 12.8. The normalized spacial score (nSPS) is 14.9. The molecule has 0 unspecified atom stereocenters. The molecule has 0 aromatic heterocycles. The van der Waals surface area contributed by atoms with Crippen LogP contribution in [0.25, 0.3) is 0 Å². The van der Waals surface area contributed by atoms with Crippen molar-refractivity contribution in [3.63, 3.8) is 0 Å². The summed E-state index contributed by atoms with van der Waals surface area (Å²) < 4.78 is 0. The number of benzene rings is 2. The van der Waals surface area contributed by atoms with Gasteiger partial charge in [0.2, 0.25) is 0 Å². The van der Waals surface area contributed by atoms with Crippen molar-refractivity contribution in [2.24, 2.45) is 5.73 Å². The third-order valence-corrected chi connectivity index (χ3v) is 5.15. The first-order chi connectivity index (χ1) is 12.5. The highest BCUT2D eigenvalue weighted by atomic mass is 35.5. The topological polar surface area (TPSA) is 75.4 Å². The highest BCUT2D eigenvalue weighted by molar-refractivity contribution is 6.07. The van der Waals surface area contributed by atoms with Crippen LogP contribution in [0.3, 0.4) is 0 Å². The fourth-order valence-corrected chi connectivity index (χ4v) is 3.50. The Hall–Kier alpha value is -2.37. The fourth-order valence-electron chi connectivity index (χ4n) is 3.50. The second-order valence-corrected chi connectivity index (χ2v) is 6.93. The molecule has 1 aliphatic carbocycles. The van der Waals surface area contributed by atoms with Gasteiger partial charge < -0.3 is 16.0 Å². The first-order valence-electron chi connectivity index (χ1n) is 9.00. The zero-order valence-corrected chi connectivity index (χ0v) is 16.3. The van der Waals surface area contributed by atoms with Gasteiger partial charge in [-0.15, -0.1) is 12.4 Å². The Morgan fingerprint density at radius 3 is 2.30 bits per heavy atom. The summed E-state index contributed by atoms with van der Waals surface area (Å²) in [4.78, 5) is 27.0. The highest BCUT2D eigenvalue weighted by Crippen LogP contribution is 2.29. The van der Waals surface area contributed by atoms with Crippen molar-refractivity contribution in [1.29, 1.82) is 0 Å². The minimum Gasteiger partial charge on any atom is -0.345 e. The summed E-state index contributed by atoms with van der Waals surface area (Å²) in [6, 6.07) is 16.3. The van der Waals surface area contributed by atoms with E-state index in [0.29, 0.717) is 17.7 Å². The minimum atomic E-state index is -0.308. The first kappa shape index (κ1) is 20.9. The quantitative estimate of drug-likeness (QED) is 0.825. The van der Waals surface area contributed by atoms with E-state index in [9.17, 15) is 9.59 Å². The van der Waals surface area contributed by atoms with Crippen LogP contribution < -0.4 is 16.0 Å². The van der Waals surface area contributed by atoms with Gasteiger partial charge in [0.1, 0.15) is 0 Å². The van der Waals surface area contributed by atoms with Crippen LogP contribution >= 0.6 is 12.4 Å². The average molecular weight is 388 g/mol. The Morgan fingerprint density at radius 2 is 1.67 bits per heavy atom. The number of hydrogen-bond acceptors (Lipinski definition) is 3. The van der Waals surface area contributed by atoms with E-state index in [-0.39, 0.29) is 29.8 Å². The second kappa shape index (κ2) is 9.02. The number of amides is 2. The second-order valence-electron chi connectivity index (χ2n) is 6.93. The molecule has 3 rings (SSSR count). The maximum Gasteiger partial charge on any atom is 0.258 e. The highest BCUT2D eigenvalue weighted by Gasteiger charge is 2.34. The number of carbonyl (C=O) groups is 2. The zero-order valence-electron chi connectivity index (χ0n) is 15.5. The van der Waals surface area contributed by atoms with E-state index in [1.54, 1.807) is 36.2 Å². The molecule has 27 heavy (non-hydrogen) atoms.